The SMILES string of the molecule is CC(NC(=O)N(CC(=O)O)CC(=O)O)c1ccncc1. The number of nitrogens with zero attached hydrogens (tertiary/aromatic N) is 2. The Labute approximate surface area is 115 Å². The molecule has 0 bridgehead atoms. The maximum absolute atomic E-state index is 11.9. The summed E-state index contributed by atoms with van der Waals surface area (Å²) in [7, 11) is 0. The van der Waals surface area contributed by atoms with Crippen molar-refractivity contribution in [3.63, 3.8) is 0 Å². The molecule has 1 heterocycles. The second-order valence-corrected chi connectivity index (χ2v) is 4.10. The lowest BCUT2D eigenvalue weighted by molar-refractivity contribution is -0.140. The van der Waals surface area contributed by atoms with Crippen LogP contribution in [0.1, 0.15) is 18.5 Å². The third kappa shape index (κ3) is 4.92. The maximum Gasteiger partial charge on any atom is 0.323 e. The van der Waals surface area contributed by atoms with Crippen molar-refractivity contribution in [1.82, 2.24) is 15.2 Å². The van der Waals surface area contributed by atoms with Crippen LogP contribution in [0.2, 0.25) is 0 Å². The van der Waals surface area contributed by atoms with Gasteiger partial charge in [-0.15, -0.1) is 0 Å². The molecule has 8 heteroatoms. The first kappa shape index (κ1) is 15.4. The molecular weight excluding hydrogens is 266 g/mol. The molecule has 1 rings (SSSR count). The molecule has 0 aliphatic carbocycles. The lowest BCUT2D eigenvalue weighted by Gasteiger charge is -2.22. The summed E-state index contributed by atoms with van der Waals surface area (Å²) in [6.45, 7) is 0.343. The van der Waals surface area contributed by atoms with Crippen molar-refractivity contribution in [2.24, 2.45) is 0 Å². The van der Waals surface area contributed by atoms with Crippen molar-refractivity contribution in [2.75, 3.05) is 13.1 Å². The molecule has 0 aromatic carbocycles. The van der Waals surface area contributed by atoms with Crippen molar-refractivity contribution < 1.29 is 24.6 Å². The van der Waals surface area contributed by atoms with Crippen LogP contribution in [0.3, 0.4) is 0 Å². The van der Waals surface area contributed by atoms with Crippen molar-refractivity contribution >= 4 is 18.0 Å². The highest BCUT2D eigenvalue weighted by molar-refractivity contribution is 5.84. The van der Waals surface area contributed by atoms with Gasteiger partial charge in [-0.2, -0.15) is 0 Å². The Balaban J connectivity index is 2.70. The predicted molar refractivity (Wildman–Crippen MR) is 68.0 cm³/mol. The van der Waals surface area contributed by atoms with E-state index in [4.69, 9.17) is 10.2 Å². The smallest absolute Gasteiger partial charge is 0.323 e. The van der Waals surface area contributed by atoms with Crippen LogP contribution in [0.5, 0.6) is 0 Å². The number of urea groups is 1. The number of pyridine rings is 1. The molecule has 0 radical (unpaired) electrons. The highest BCUT2D eigenvalue weighted by atomic mass is 16.4. The number of hydrogen-bond donors (Lipinski definition) is 3. The summed E-state index contributed by atoms with van der Waals surface area (Å²) >= 11 is 0. The van der Waals surface area contributed by atoms with Crippen LogP contribution in [0, 0.1) is 0 Å². The zero-order valence-electron chi connectivity index (χ0n) is 10.8. The first-order valence-electron chi connectivity index (χ1n) is 5.79. The Morgan fingerprint density at radius 2 is 1.70 bits per heavy atom. The molecule has 108 valence electrons. The average molecular weight is 281 g/mol. The molecule has 0 aliphatic rings. The minimum Gasteiger partial charge on any atom is -0.480 e. The predicted octanol–water partition coefficient (Wildman–Crippen LogP) is 0.323. The number of carboxylic acid groups (broad SMARTS) is 2. The average Bonchev–Trinajstić information content (AvgIpc) is 2.37. The van der Waals surface area contributed by atoms with Crippen LogP contribution < -0.4 is 5.32 Å². The molecule has 0 saturated heterocycles. The largest absolute Gasteiger partial charge is 0.480 e. The normalized spacial score (nSPS) is 11.4. The standard InChI is InChI=1S/C12H15N3O5/c1-8(9-2-4-13-5-3-9)14-12(20)15(6-10(16)17)7-11(18)19/h2-5,8H,6-7H2,1H3,(H,14,20)(H,16,17)(H,18,19). The fraction of sp³-hybridized carbons (Fsp3) is 0.333. The van der Waals surface area contributed by atoms with Gasteiger partial charge in [0.05, 0.1) is 6.04 Å². The molecule has 1 unspecified atom stereocenters. The van der Waals surface area contributed by atoms with Gasteiger partial charge < -0.3 is 20.4 Å². The number of aliphatic carboxylic acids is 2. The highest BCUT2D eigenvalue weighted by Gasteiger charge is 2.21. The quantitative estimate of drug-likeness (QED) is 0.691. The van der Waals surface area contributed by atoms with Gasteiger partial charge in [0, 0.05) is 12.4 Å². The van der Waals surface area contributed by atoms with Crippen LogP contribution >= 0.6 is 0 Å². The van der Waals surface area contributed by atoms with Crippen LogP contribution in [0.4, 0.5) is 4.79 Å². The second kappa shape index (κ2) is 7.07. The van der Waals surface area contributed by atoms with Gasteiger partial charge in [0.2, 0.25) is 0 Å². The van der Waals surface area contributed by atoms with Gasteiger partial charge in [-0.1, -0.05) is 0 Å². The second-order valence-electron chi connectivity index (χ2n) is 4.10. The molecule has 3 N–H and O–H groups in total. The van der Waals surface area contributed by atoms with E-state index >= 15 is 0 Å². The molecule has 0 saturated carbocycles. The summed E-state index contributed by atoms with van der Waals surface area (Å²) in [6.07, 6.45) is 3.12. The summed E-state index contributed by atoms with van der Waals surface area (Å²) in [4.78, 5) is 37.7. The molecule has 0 spiro atoms. The Hall–Kier alpha value is -2.64. The number of aromatic nitrogens is 1. The molecule has 0 fully saturated rings. The number of hydrogen-bond acceptors (Lipinski definition) is 4. The maximum atomic E-state index is 11.9. The minimum atomic E-state index is -1.28. The third-order valence-electron chi connectivity index (χ3n) is 2.49. The van der Waals surface area contributed by atoms with Crippen molar-refractivity contribution in [2.45, 2.75) is 13.0 Å². The molecule has 1 aromatic heterocycles. The number of rotatable bonds is 6. The topological polar surface area (TPSA) is 120 Å². The number of carboxylic acids is 2. The highest BCUT2D eigenvalue weighted by Crippen LogP contribution is 2.10. The summed E-state index contributed by atoms with van der Waals surface area (Å²) < 4.78 is 0. The Bertz CT molecular complexity index is 475. The fourth-order valence-electron chi connectivity index (χ4n) is 1.54. The van der Waals surface area contributed by atoms with Gasteiger partial charge in [0.25, 0.3) is 0 Å². The molecular formula is C12H15N3O5. The Morgan fingerprint density at radius 1 is 1.20 bits per heavy atom. The van der Waals surface area contributed by atoms with Gasteiger partial charge >= 0.3 is 18.0 Å². The zero-order valence-corrected chi connectivity index (χ0v) is 10.8. The lowest BCUT2D eigenvalue weighted by Crippen LogP contribution is -2.45. The number of nitrogens with one attached hydrogen (secondary N) is 1. The fourth-order valence-corrected chi connectivity index (χ4v) is 1.54. The van der Waals surface area contributed by atoms with Crippen molar-refractivity contribution in [3.05, 3.63) is 30.1 Å². The first-order chi connectivity index (χ1) is 9.40. The molecule has 8 nitrogen and oxygen atoms in total. The van der Waals surface area contributed by atoms with Crippen molar-refractivity contribution in [3.8, 4) is 0 Å². The number of amides is 2. The van der Waals surface area contributed by atoms with E-state index in [2.05, 4.69) is 10.3 Å². The summed E-state index contributed by atoms with van der Waals surface area (Å²) in [6, 6.07) is 2.25. The van der Waals surface area contributed by atoms with Crippen LogP contribution in [0.15, 0.2) is 24.5 Å². The Kier molecular flexibility index (Phi) is 5.45. The summed E-state index contributed by atoms with van der Waals surface area (Å²) in [5.74, 6) is -2.56. The summed E-state index contributed by atoms with van der Waals surface area (Å²) in [5, 5.41) is 19.9. The van der Waals surface area contributed by atoms with Crippen molar-refractivity contribution in [1.29, 1.82) is 0 Å². The van der Waals surface area contributed by atoms with Gasteiger partial charge in [-0.05, 0) is 24.6 Å². The minimum absolute atomic E-state index is 0.393. The monoisotopic (exact) mass is 281 g/mol. The van der Waals surface area contributed by atoms with E-state index in [1.165, 1.54) is 0 Å². The van der Waals surface area contributed by atoms with Crippen LogP contribution in [-0.2, 0) is 9.59 Å². The van der Waals surface area contributed by atoms with Crippen LogP contribution in [-0.4, -0.2) is 51.2 Å². The third-order valence-corrected chi connectivity index (χ3v) is 2.49. The van der Waals surface area contributed by atoms with E-state index in [1.807, 2.05) is 0 Å². The van der Waals surface area contributed by atoms with E-state index in [9.17, 15) is 14.4 Å². The van der Waals surface area contributed by atoms with Crippen LogP contribution in [0.25, 0.3) is 0 Å². The van der Waals surface area contributed by atoms with Gasteiger partial charge in [-0.25, -0.2) is 4.79 Å². The van der Waals surface area contributed by atoms with Gasteiger partial charge in [0.1, 0.15) is 13.1 Å². The van der Waals surface area contributed by atoms with E-state index in [1.54, 1.807) is 31.5 Å². The number of carbonyl (C=O) groups excluding carboxylic acids is 1. The molecule has 20 heavy (non-hydrogen) atoms. The zero-order chi connectivity index (χ0) is 15.1. The number of carbonyl (C=O) groups is 3. The van der Waals surface area contributed by atoms with Gasteiger partial charge in [0.15, 0.2) is 0 Å². The molecule has 2 amide bonds. The molecule has 0 aliphatic heterocycles. The van der Waals surface area contributed by atoms with E-state index in [0.29, 0.717) is 4.90 Å². The van der Waals surface area contributed by atoms with E-state index < -0.39 is 37.1 Å². The molecule has 1 atom stereocenters. The summed E-state index contributed by atoms with van der Waals surface area (Å²) in [5.41, 5.74) is 0.777. The van der Waals surface area contributed by atoms with Gasteiger partial charge in [-0.3, -0.25) is 14.6 Å². The van der Waals surface area contributed by atoms with E-state index in [0.717, 1.165) is 5.56 Å². The van der Waals surface area contributed by atoms with E-state index in [-0.39, 0.29) is 0 Å². The lowest BCUT2D eigenvalue weighted by atomic mass is 10.1. The molecule has 1 aromatic rings. The Morgan fingerprint density at radius 3 is 2.15 bits per heavy atom. The first-order valence-corrected chi connectivity index (χ1v) is 5.79.